The third kappa shape index (κ3) is 6.44. The van der Waals surface area contributed by atoms with Crippen molar-refractivity contribution in [1.82, 2.24) is 4.31 Å². The van der Waals surface area contributed by atoms with Crippen LogP contribution >= 0.6 is 34.4 Å². The summed E-state index contributed by atoms with van der Waals surface area (Å²) in [7, 11) is -3.63. The smallest absolute Gasteiger partial charge is 0.346 e. The van der Waals surface area contributed by atoms with Crippen molar-refractivity contribution in [2.24, 2.45) is 0 Å². The second-order valence-corrected chi connectivity index (χ2v) is 11.2. The lowest BCUT2D eigenvalue weighted by molar-refractivity contribution is -0.146. The minimum atomic E-state index is -3.63. The van der Waals surface area contributed by atoms with E-state index in [1.54, 1.807) is 38.1 Å². The zero-order valence-corrected chi connectivity index (χ0v) is 21.0. The number of thioether (sulfide) groups is 1. The maximum atomic E-state index is 13.1. The molecule has 0 amide bonds. The molecule has 10 heteroatoms. The molecule has 0 bridgehead atoms. The maximum absolute atomic E-state index is 13.1. The van der Waals surface area contributed by atoms with E-state index in [0.717, 1.165) is 5.56 Å². The van der Waals surface area contributed by atoms with Crippen LogP contribution in [0.2, 0.25) is 0 Å². The Hall–Kier alpha value is -1.11. The number of nitrogens with zero attached hydrogens (tertiary/aromatic N) is 1. The molecule has 1 heterocycles. The van der Waals surface area contributed by atoms with E-state index in [1.807, 2.05) is 6.92 Å². The molecule has 2 atom stereocenters. The summed E-state index contributed by atoms with van der Waals surface area (Å²) >= 11 is 3.47. The Balaban J connectivity index is 2.16. The lowest BCUT2D eigenvalue weighted by atomic mass is 10.2. The van der Waals surface area contributed by atoms with Gasteiger partial charge in [-0.05, 0) is 44.7 Å². The highest BCUT2D eigenvalue weighted by molar-refractivity contribution is 14.1. The third-order valence-corrected chi connectivity index (χ3v) is 8.24. The van der Waals surface area contributed by atoms with Crippen LogP contribution in [0.3, 0.4) is 0 Å². The Morgan fingerprint density at radius 3 is 2.27 bits per heavy atom. The zero-order valence-electron chi connectivity index (χ0n) is 17.2. The van der Waals surface area contributed by atoms with E-state index in [0.29, 0.717) is 18.7 Å². The molecule has 1 aromatic rings. The first-order chi connectivity index (χ1) is 14.2. The number of esters is 2. The van der Waals surface area contributed by atoms with E-state index in [1.165, 1.54) is 21.5 Å². The summed E-state index contributed by atoms with van der Waals surface area (Å²) in [5.41, 5.74) is 0.811. The van der Waals surface area contributed by atoms with Crippen molar-refractivity contribution in [2.75, 3.05) is 25.5 Å². The molecule has 7 nitrogen and oxygen atoms in total. The number of carbonyl (C=O) groups is 2. The average molecular weight is 567 g/mol. The highest BCUT2D eigenvalue weighted by Crippen LogP contribution is 2.32. The van der Waals surface area contributed by atoms with Crippen molar-refractivity contribution in [2.45, 2.75) is 42.1 Å². The Morgan fingerprint density at radius 2 is 1.73 bits per heavy atom. The molecule has 1 fully saturated rings. The van der Waals surface area contributed by atoms with Gasteiger partial charge >= 0.3 is 11.9 Å². The lowest BCUT2D eigenvalue weighted by Crippen LogP contribution is -2.37. The molecule has 0 N–H and O–H groups in total. The molecule has 1 aliphatic rings. The van der Waals surface area contributed by atoms with E-state index < -0.39 is 22.0 Å². The molecule has 1 aliphatic heterocycles. The second kappa shape index (κ2) is 11.5. The average Bonchev–Trinajstić information content (AvgIpc) is 3.07. The predicted octanol–water partition coefficient (Wildman–Crippen LogP) is 3.30. The number of hydrogen-bond donors (Lipinski definition) is 0. The van der Waals surface area contributed by atoms with Gasteiger partial charge in [0.15, 0.2) is 5.57 Å². The van der Waals surface area contributed by atoms with Crippen LogP contribution in [0.25, 0.3) is 0 Å². The van der Waals surface area contributed by atoms with E-state index >= 15 is 0 Å². The minimum Gasteiger partial charge on any atom is -0.462 e. The Labute approximate surface area is 195 Å². The first-order valence-electron chi connectivity index (χ1n) is 9.59. The number of rotatable bonds is 9. The molecule has 0 radical (unpaired) electrons. The molecular formula is C20H26INO6S2. The SMILES string of the molecule is CCOC(=O)C(=CSC[C@@H]1CC(I)CN1S(=O)(=O)c1ccc(C)cc1)C(=O)OCC. The van der Waals surface area contributed by atoms with E-state index in [9.17, 15) is 18.0 Å². The molecule has 166 valence electrons. The van der Waals surface area contributed by atoms with Crippen LogP contribution in [-0.2, 0) is 29.1 Å². The van der Waals surface area contributed by atoms with Gasteiger partial charge in [-0.15, -0.1) is 11.8 Å². The highest BCUT2D eigenvalue weighted by atomic mass is 127. The predicted molar refractivity (Wildman–Crippen MR) is 125 cm³/mol. The van der Waals surface area contributed by atoms with Crippen molar-refractivity contribution >= 4 is 56.3 Å². The van der Waals surface area contributed by atoms with Gasteiger partial charge in [-0.3, -0.25) is 0 Å². The molecule has 30 heavy (non-hydrogen) atoms. The van der Waals surface area contributed by atoms with Crippen molar-refractivity contribution in [1.29, 1.82) is 0 Å². The fourth-order valence-electron chi connectivity index (χ4n) is 2.96. The summed E-state index contributed by atoms with van der Waals surface area (Å²) < 4.78 is 37.8. The van der Waals surface area contributed by atoms with Gasteiger partial charge in [0.2, 0.25) is 10.0 Å². The molecule has 2 rings (SSSR count). The van der Waals surface area contributed by atoms with Crippen LogP contribution in [0.5, 0.6) is 0 Å². The lowest BCUT2D eigenvalue weighted by Gasteiger charge is -2.23. The fraction of sp³-hybridized carbons (Fsp3) is 0.500. The van der Waals surface area contributed by atoms with Crippen LogP contribution in [-0.4, -0.2) is 60.1 Å². The molecule has 1 aromatic carbocycles. The van der Waals surface area contributed by atoms with Crippen LogP contribution in [0.4, 0.5) is 0 Å². The van der Waals surface area contributed by atoms with Gasteiger partial charge in [-0.1, -0.05) is 40.3 Å². The van der Waals surface area contributed by atoms with E-state index in [4.69, 9.17) is 9.47 Å². The molecule has 0 aliphatic carbocycles. The van der Waals surface area contributed by atoms with Crippen molar-refractivity contribution in [3.05, 3.63) is 40.8 Å². The summed E-state index contributed by atoms with van der Waals surface area (Å²) in [6.07, 6.45) is 0.695. The largest absolute Gasteiger partial charge is 0.462 e. The minimum absolute atomic E-state index is 0.141. The molecule has 0 saturated carbocycles. The molecule has 0 aromatic heterocycles. The van der Waals surface area contributed by atoms with Crippen molar-refractivity contribution in [3.63, 3.8) is 0 Å². The Kier molecular flexibility index (Phi) is 9.64. The van der Waals surface area contributed by atoms with Gasteiger partial charge in [-0.2, -0.15) is 4.31 Å². The highest BCUT2D eigenvalue weighted by Gasteiger charge is 2.39. The maximum Gasteiger partial charge on any atom is 0.346 e. The summed E-state index contributed by atoms with van der Waals surface area (Å²) in [5.74, 6) is -1.08. The quantitative estimate of drug-likeness (QED) is 0.113. The topological polar surface area (TPSA) is 90.0 Å². The van der Waals surface area contributed by atoms with E-state index in [2.05, 4.69) is 22.6 Å². The van der Waals surface area contributed by atoms with Crippen LogP contribution in [0.15, 0.2) is 40.1 Å². The standard InChI is InChI=1S/C20H26INO6S2/c1-4-27-19(23)18(20(24)28-5-2)13-29-12-16-10-15(21)11-22(16)30(25,26)17-8-6-14(3)7-9-17/h6-9,13,15-16H,4-5,10-12H2,1-3H3/t15?,16-/m0/s1. The first-order valence-corrected chi connectivity index (χ1v) is 13.3. The number of alkyl halides is 1. The van der Waals surface area contributed by atoms with Gasteiger partial charge in [0.25, 0.3) is 0 Å². The number of hydrogen-bond acceptors (Lipinski definition) is 7. The van der Waals surface area contributed by atoms with Gasteiger partial charge in [-0.25, -0.2) is 18.0 Å². The Morgan fingerprint density at radius 1 is 1.17 bits per heavy atom. The van der Waals surface area contributed by atoms with Crippen molar-refractivity contribution in [3.8, 4) is 0 Å². The van der Waals surface area contributed by atoms with Crippen LogP contribution in [0, 0.1) is 6.92 Å². The Bertz CT molecular complexity index is 865. The number of ether oxygens (including phenoxy) is 2. The summed E-state index contributed by atoms with van der Waals surface area (Å²) in [6, 6.07) is 6.55. The molecule has 0 spiro atoms. The zero-order chi connectivity index (χ0) is 22.3. The van der Waals surface area contributed by atoms with E-state index in [-0.39, 0.29) is 33.6 Å². The monoisotopic (exact) mass is 567 g/mol. The normalized spacial score (nSPS) is 19.3. The number of aryl methyl sites for hydroxylation is 1. The number of benzene rings is 1. The fourth-order valence-corrected chi connectivity index (χ4v) is 7.01. The number of sulfonamides is 1. The van der Waals surface area contributed by atoms with Crippen LogP contribution in [0.1, 0.15) is 25.8 Å². The summed E-state index contributed by atoms with van der Waals surface area (Å²) in [5, 5.41) is 1.41. The van der Waals surface area contributed by atoms with Crippen molar-refractivity contribution < 1.29 is 27.5 Å². The second-order valence-electron chi connectivity index (χ2n) is 6.68. The number of carbonyl (C=O) groups excluding carboxylic acids is 2. The van der Waals surface area contributed by atoms with Gasteiger partial charge in [0.1, 0.15) is 0 Å². The number of halogens is 1. The summed E-state index contributed by atoms with van der Waals surface area (Å²) in [4.78, 5) is 24.4. The van der Waals surface area contributed by atoms with Gasteiger partial charge in [0, 0.05) is 22.3 Å². The van der Waals surface area contributed by atoms with Gasteiger partial charge < -0.3 is 9.47 Å². The molecule has 1 saturated heterocycles. The summed E-state index contributed by atoms with van der Waals surface area (Å²) in [6.45, 7) is 5.92. The third-order valence-electron chi connectivity index (χ3n) is 4.42. The molecular weight excluding hydrogens is 541 g/mol. The first kappa shape index (κ1) is 25.2. The van der Waals surface area contributed by atoms with Gasteiger partial charge in [0.05, 0.1) is 18.1 Å². The van der Waals surface area contributed by atoms with Crippen LogP contribution < -0.4 is 0 Å². The molecule has 1 unspecified atom stereocenters.